The van der Waals surface area contributed by atoms with Crippen LogP contribution in [0.15, 0.2) is 170 Å². The molecule has 0 unspecified atom stereocenters. The number of methoxy groups -OCH3 is 2. The molecule has 0 heterocycles. The molecule has 6 aromatic rings. The van der Waals surface area contributed by atoms with E-state index in [-0.39, 0.29) is 12.2 Å². The Hall–Kier alpha value is -3.90. The molecule has 2 nitrogen and oxygen atoms in total. The van der Waals surface area contributed by atoms with E-state index in [1.807, 2.05) is 0 Å². The third-order valence-corrected chi connectivity index (χ3v) is 12.8. The van der Waals surface area contributed by atoms with E-state index in [0.29, 0.717) is 0 Å². The molecule has 0 fully saturated rings. The summed E-state index contributed by atoms with van der Waals surface area (Å²) in [4.78, 5) is 0. The quantitative estimate of drug-likeness (QED) is 0.144. The second-order valence-electron chi connectivity index (χ2n) is 10.4. The maximum atomic E-state index is 6.45. The lowest BCUT2D eigenvalue weighted by Crippen LogP contribution is -2.30. The summed E-state index contributed by atoms with van der Waals surface area (Å²) in [6.07, 6.45) is -0.642. The molecular formula is C40H36O2P2. The van der Waals surface area contributed by atoms with Crippen LogP contribution in [0.3, 0.4) is 0 Å². The Morgan fingerprint density at radius 3 is 0.864 bits per heavy atom. The van der Waals surface area contributed by atoms with E-state index >= 15 is 0 Å². The van der Waals surface area contributed by atoms with E-state index in [0.717, 1.165) is 11.1 Å². The fraction of sp³-hybridized carbons (Fsp3) is 0.100. The Kier molecular flexibility index (Phi) is 10.1. The summed E-state index contributed by atoms with van der Waals surface area (Å²) in [5, 5.41) is 7.78. The van der Waals surface area contributed by atoms with Gasteiger partial charge in [0.15, 0.2) is 0 Å². The monoisotopic (exact) mass is 610 g/mol. The number of ether oxygens (including phenoxy) is 2. The minimum atomic E-state index is -0.828. The molecule has 44 heavy (non-hydrogen) atoms. The van der Waals surface area contributed by atoms with Gasteiger partial charge in [-0.25, -0.2) is 0 Å². The zero-order valence-electron chi connectivity index (χ0n) is 25.0. The standard InChI is InChI=1S/C40H36O2P2/c1-41-39(35-27-15-17-29-37(35)43(31-19-7-3-8-20-31)32-21-9-4-10-22-32)40(42-2)36-28-16-18-30-38(36)44(33-23-11-5-12-24-33)34-25-13-6-14-26-34/h3-30,39-40H,1-2H3/t39-,40-/m0/s1. The third-order valence-electron chi connectivity index (χ3n) is 7.81. The highest BCUT2D eigenvalue weighted by Gasteiger charge is 2.33. The van der Waals surface area contributed by atoms with Gasteiger partial charge in [0.25, 0.3) is 0 Å². The van der Waals surface area contributed by atoms with E-state index in [1.54, 1.807) is 14.2 Å². The molecule has 6 aromatic carbocycles. The van der Waals surface area contributed by atoms with Crippen LogP contribution in [-0.4, -0.2) is 14.2 Å². The summed E-state index contributed by atoms with van der Waals surface area (Å²) in [6, 6.07) is 60.9. The van der Waals surface area contributed by atoms with E-state index in [1.165, 1.54) is 31.8 Å². The van der Waals surface area contributed by atoms with Crippen LogP contribution >= 0.6 is 15.8 Å². The first-order valence-electron chi connectivity index (χ1n) is 14.8. The van der Waals surface area contributed by atoms with Gasteiger partial charge in [-0.1, -0.05) is 170 Å². The van der Waals surface area contributed by atoms with E-state index in [9.17, 15) is 0 Å². The van der Waals surface area contributed by atoms with Crippen molar-refractivity contribution >= 4 is 47.7 Å². The van der Waals surface area contributed by atoms with Gasteiger partial charge in [-0.05, 0) is 58.8 Å². The molecule has 218 valence electrons. The van der Waals surface area contributed by atoms with Crippen LogP contribution in [0.25, 0.3) is 0 Å². The minimum Gasteiger partial charge on any atom is -0.374 e. The normalized spacial score (nSPS) is 12.7. The average Bonchev–Trinajstić information content (AvgIpc) is 3.10. The summed E-state index contributed by atoms with van der Waals surface area (Å²) in [5.41, 5.74) is 2.30. The lowest BCUT2D eigenvalue weighted by Gasteiger charge is -2.32. The van der Waals surface area contributed by atoms with Gasteiger partial charge in [-0.15, -0.1) is 0 Å². The molecule has 0 saturated carbocycles. The highest BCUT2D eigenvalue weighted by molar-refractivity contribution is 7.80. The van der Waals surface area contributed by atoms with Gasteiger partial charge in [0.2, 0.25) is 0 Å². The molecule has 6 rings (SSSR count). The predicted molar refractivity (Wildman–Crippen MR) is 190 cm³/mol. The Bertz CT molecular complexity index is 1530. The first-order valence-corrected chi connectivity index (χ1v) is 17.5. The van der Waals surface area contributed by atoms with Crippen LogP contribution in [0.1, 0.15) is 23.3 Å². The zero-order valence-corrected chi connectivity index (χ0v) is 26.8. The topological polar surface area (TPSA) is 18.5 Å². The SMILES string of the molecule is CO[C@@H](c1ccccc1P(c1ccccc1)c1ccccc1)[C@@H](OC)c1ccccc1P(c1ccccc1)c1ccccc1. The number of benzene rings is 6. The molecule has 0 aromatic heterocycles. The summed E-state index contributed by atoms with van der Waals surface area (Å²) in [7, 11) is 1.96. The van der Waals surface area contributed by atoms with Crippen molar-refractivity contribution in [1.82, 2.24) is 0 Å². The van der Waals surface area contributed by atoms with Gasteiger partial charge < -0.3 is 9.47 Å². The fourth-order valence-electron chi connectivity index (χ4n) is 5.85. The van der Waals surface area contributed by atoms with Gasteiger partial charge in [0.1, 0.15) is 12.2 Å². The van der Waals surface area contributed by atoms with Crippen molar-refractivity contribution in [2.24, 2.45) is 0 Å². The molecule has 0 radical (unpaired) electrons. The van der Waals surface area contributed by atoms with Crippen LogP contribution < -0.4 is 31.8 Å². The number of rotatable bonds is 11. The molecule has 0 amide bonds. The van der Waals surface area contributed by atoms with Crippen LogP contribution in [0.4, 0.5) is 0 Å². The summed E-state index contributed by atoms with van der Waals surface area (Å²) >= 11 is 0. The Labute approximate surface area is 263 Å². The second-order valence-corrected chi connectivity index (χ2v) is 14.8. The van der Waals surface area contributed by atoms with Gasteiger partial charge >= 0.3 is 0 Å². The number of hydrogen-bond donors (Lipinski definition) is 0. The van der Waals surface area contributed by atoms with Crippen molar-refractivity contribution in [2.75, 3.05) is 14.2 Å². The van der Waals surface area contributed by atoms with Gasteiger partial charge in [-0.3, -0.25) is 0 Å². The molecule has 0 aliphatic rings. The summed E-state index contributed by atoms with van der Waals surface area (Å²) in [5.74, 6) is 0. The highest BCUT2D eigenvalue weighted by Crippen LogP contribution is 2.43. The van der Waals surface area contributed by atoms with E-state index < -0.39 is 15.8 Å². The maximum Gasteiger partial charge on any atom is 0.113 e. The molecule has 0 aliphatic carbocycles. The molecule has 2 atom stereocenters. The molecule has 0 spiro atoms. The maximum absolute atomic E-state index is 6.45. The van der Waals surface area contributed by atoms with Crippen LogP contribution in [0.2, 0.25) is 0 Å². The predicted octanol–water partition coefficient (Wildman–Crippen LogP) is 7.28. The minimum absolute atomic E-state index is 0.321. The van der Waals surface area contributed by atoms with Crippen LogP contribution in [0, 0.1) is 0 Å². The Morgan fingerprint density at radius 2 is 0.591 bits per heavy atom. The first-order chi connectivity index (χ1) is 21.8. The smallest absolute Gasteiger partial charge is 0.113 e. The van der Waals surface area contributed by atoms with Crippen molar-refractivity contribution in [3.8, 4) is 0 Å². The Balaban J connectivity index is 1.50. The highest BCUT2D eigenvalue weighted by atomic mass is 31.1. The number of hydrogen-bond acceptors (Lipinski definition) is 2. The van der Waals surface area contributed by atoms with Crippen molar-refractivity contribution in [1.29, 1.82) is 0 Å². The zero-order chi connectivity index (χ0) is 30.1. The Morgan fingerprint density at radius 1 is 0.341 bits per heavy atom. The second kappa shape index (κ2) is 14.7. The molecule has 0 aliphatic heterocycles. The fourth-order valence-corrected chi connectivity index (χ4v) is 10.8. The molecule has 0 bridgehead atoms. The third kappa shape index (κ3) is 6.46. The summed E-state index contributed by atoms with van der Waals surface area (Å²) in [6.45, 7) is 0. The molecule has 0 N–H and O–H groups in total. The molecule has 4 heteroatoms. The van der Waals surface area contributed by atoms with Gasteiger partial charge in [0, 0.05) is 14.2 Å². The summed E-state index contributed by atoms with van der Waals surface area (Å²) < 4.78 is 12.9. The molecular weight excluding hydrogens is 574 g/mol. The van der Waals surface area contributed by atoms with Crippen molar-refractivity contribution in [3.63, 3.8) is 0 Å². The van der Waals surface area contributed by atoms with Crippen molar-refractivity contribution in [3.05, 3.63) is 181 Å². The first kappa shape index (κ1) is 30.1. The van der Waals surface area contributed by atoms with Gasteiger partial charge in [-0.2, -0.15) is 0 Å². The van der Waals surface area contributed by atoms with Crippen molar-refractivity contribution in [2.45, 2.75) is 12.2 Å². The van der Waals surface area contributed by atoms with Gasteiger partial charge in [0.05, 0.1) is 0 Å². The van der Waals surface area contributed by atoms with Crippen LogP contribution in [-0.2, 0) is 9.47 Å². The largest absolute Gasteiger partial charge is 0.374 e. The van der Waals surface area contributed by atoms with Crippen molar-refractivity contribution < 1.29 is 9.47 Å². The van der Waals surface area contributed by atoms with Crippen LogP contribution in [0.5, 0.6) is 0 Å². The van der Waals surface area contributed by atoms with E-state index in [4.69, 9.17) is 9.47 Å². The average molecular weight is 611 g/mol. The lowest BCUT2D eigenvalue weighted by atomic mass is 9.97. The lowest BCUT2D eigenvalue weighted by molar-refractivity contribution is -0.0387. The van der Waals surface area contributed by atoms with E-state index in [2.05, 4.69) is 170 Å². The molecule has 0 saturated heterocycles.